The Morgan fingerprint density at radius 2 is 1.83 bits per heavy atom. The molecule has 1 atom stereocenters. The number of carbonyl (C=O) groups excluding carboxylic acids is 2. The van der Waals surface area contributed by atoms with Gasteiger partial charge in [-0.15, -0.1) is 0 Å². The lowest BCUT2D eigenvalue weighted by atomic mass is 9.82. The molecular weight excluding hydrogens is 314 g/mol. The van der Waals surface area contributed by atoms with Gasteiger partial charge in [0.05, 0.1) is 11.6 Å². The van der Waals surface area contributed by atoms with Crippen molar-refractivity contribution in [2.75, 3.05) is 6.54 Å². The normalized spacial score (nSPS) is 18.7. The van der Waals surface area contributed by atoms with Crippen LogP contribution < -0.4 is 0 Å². The first-order valence-corrected chi connectivity index (χ1v) is 8.10. The predicted octanol–water partition coefficient (Wildman–Crippen LogP) is 4.06. The van der Waals surface area contributed by atoms with Crippen LogP contribution in [0.15, 0.2) is 35.6 Å². The van der Waals surface area contributed by atoms with Gasteiger partial charge in [0.25, 0.3) is 5.91 Å². The average molecular weight is 336 g/mol. The minimum absolute atomic E-state index is 0.179. The minimum atomic E-state index is -0.684. The van der Waals surface area contributed by atoms with Gasteiger partial charge in [-0.1, -0.05) is 51.4 Å². The molecule has 0 saturated carbocycles. The molecule has 1 aliphatic rings. The first kappa shape index (κ1) is 17.5. The number of ketones is 1. The van der Waals surface area contributed by atoms with Crippen LogP contribution in [0.4, 0.5) is 0 Å². The summed E-state index contributed by atoms with van der Waals surface area (Å²) in [7, 11) is 0. The summed E-state index contributed by atoms with van der Waals surface area (Å²) in [6, 6.07) is 6.46. The van der Waals surface area contributed by atoms with Crippen LogP contribution in [0.3, 0.4) is 0 Å². The summed E-state index contributed by atoms with van der Waals surface area (Å²) in [5.41, 5.74) is 0.266. The van der Waals surface area contributed by atoms with E-state index in [1.165, 1.54) is 0 Å². The third kappa shape index (κ3) is 3.27. The zero-order valence-corrected chi connectivity index (χ0v) is 14.6. The van der Waals surface area contributed by atoms with Crippen molar-refractivity contribution >= 4 is 23.3 Å². The van der Waals surface area contributed by atoms with Gasteiger partial charge in [-0.3, -0.25) is 9.59 Å². The van der Waals surface area contributed by atoms with Crippen LogP contribution in [-0.4, -0.2) is 28.2 Å². The first-order chi connectivity index (χ1) is 10.7. The molecule has 1 aromatic rings. The average Bonchev–Trinajstić information content (AvgIpc) is 2.72. The number of hydrogen-bond donors (Lipinski definition) is 1. The fraction of sp³-hybridized carbons (Fsp3) is 0.444. The highest BCUT2D eigenvalue weighted by Crippen LogP contribution is 2.41. The summed E-state index contributed by atoms with van der Waals surface area (Å²) in [5, 5.41) is 10.9. The largest absolute Gasteiger partial charge is 0.503 e. The van der Waals surface area contributed by atoms with Crippen LogP contribution in [0.25, 0.3) is 0 Å². The third-order valence-electron chi connectivity index (χ3n) is 3.88. The van der Waals surface area contributed by atoms with Gasteiger partial charge < -0.3 is 10.0 Å². The molecule has 23 heavy (non-hydrogen) atoms. The minimum Gasteiger partial charge on any atom is -0.503 e. The van der Waals surface area contributed by atoms with Gasteiger partial charge in [0.2, 0.25) is 0 Å². The van der Waals surface area contributed by atoms with Gasteiger partial charge in [0, 0.05) is 17.0 Å². The number of amides is 1. The molecule has 0 spiro atoms. The van der Waals surface area contributed by atoms with E-state index in [0.717, 1.165) is 12.0 Å². The Bertz CT molecular complexity index is 656. The predicted molar refractivity (Wildman–Crippen MR) is 90.3 cm³/mol. The lowest BCUT2D eigenvalue weighted by molar-refractivity contribution is -0.129. The molecule has 0 aromatic heterocycles. The molecule has 1 aliphatic heterocycles. The molecular formula is C18H22ClNO3. The summed E-state index contributed by atoms with van der Waals surface area (Å²) in [4.78, 5) is 26.8. The Morgan fingerprint density at radius 1 is 1.26 bits per heavy atom. The second-order valence-corrected chi connectivity index (χ2v) is 7.23. The van der Waals surface area contributed by atoms with Gasteiger partial charge in [-0.25, -0.2) is 0 Å². The number of hydrogen-bond acceptors (Lipinski definition) is 3. The van der Waals surface area contributed by atoms with Crippen molar-refractivity contribution < 1.29 is 14.7 Å². The summed E-state index contributed by atoms with van der Waals surface area (Å²) in [5.74, 6) is -1.14. The molecule has 1 amide bonds. The van der Waals surface area contributed by atoms with Crippen LogP contribution in [0, 0.1) is 5.41 Å². The number of halogens is 1. The van der Waals surface area contributed by atoms with Crippen molar-refractivity contribution in [3.8, 4) is 0 Å². The van der Waals surface area contributed by atoms with Gasteiger partial charge in [-0.2, -0.15) is 0 Å². The lowest BCUT2D eigenvalue weighted by Gasteiger charge is -2.28. The van der Waals surface area contributed by atoms with Crippen LogP contribution >= 0.6 is 11.6 Å². The number of rotatable bonds is 4. The van der Waals surface area contributed by atoms with E-state index in [1.807, 2.05) is 6.92 Å². The summed E-state index contributed by atoms with van der Waals surface area (Å²) in [6.45, 7) is 7.76. The number of carbonyl (C=O) groups is 2. The second-order valence-electron chi connectivity index (χ2n) is 6.79. The number of Topliss-reactive ketones (excluding diaryl/α,β-unsaturated/α-hetero) is 1. The maximum atomic E-state index is 12.8. The summed E-state index contributed by atoms with van der Waals surface area (Å²) >= 11 is 5.94. The SMILES string of the molecule is CCCN1C(=O)C(O)=C(C(=O)C(C)(C)C)C1c1ccc(Cl)cc1. The zero-order valence-electron chi connectivity index (χ0n) is 13.9. The van der Waals surface area contributed by atoms with E-state index >= 15 is 0 Å². The van der Waals surface area contributed by atoms with E-state index in [4.69, 9.17) is 11.6 Å². The zero-order chi connectivity index (χ0) is 17.4. The lowest BCUT2D eigenvalue weighted by Crippen LogP contribution is -2.33. The van der Waals surface area contributed by atoms with Gasteiger partial charge in [-0.05, 0) is 24.1 Å². The molecule has 0 bridgehead atoms. The van der Waals surface area contributed by atoms with E-state index in [1.54, 1.807) is 49.9 Å². The molecule has 0 saturated heterocycles. The molecule has 0 radical (unpaired) electrons. The second kappa shape index (κ2) is 6.36. The molecule has 1 N–H and O–H groups in total. The highest BCUT2D eigenvalue weighted by Gasteiger charge is 2.45. The smallest absolute Gasteiger partial charge is 0.290 e. The van der Waals surface area contributed by atoms with Gasteiger partial charge >= 0.3 is 0 Å². The number of benzene rings is 1. The van der Waals surface area contributed by atoms with Crippen LogP contribution in [0.1, 0.15) is 45.7 Å². The maximum absolute atomic E-state index is 12.8. The van der Waals surface area contributed by atoms with Crippen molar-refractivity contribution in [3.63, 3.8) is 0 Å². The summed E-state index contributed by atoms with van der Waals surface area (Å²) < 4.78 is 0. The Labute approximate surface area is 141 Å². The Hall–Kier alpha value is -1.81. The van der Waals surface area contributed by atoms with E-state index in [-0.39, 0.29) is 11.4 Å². The van der Waals surface area contributed by atoms with E-state index < -0.39 is 23.1 Å². The fourth-order valence-electron chi connectivity index (χ4n) is 2.75. The molecule has 124 valence electrons. The van der Waals surface area contributed by atoms with Gasteiger partial charge in [0.1, 0.15) is 0 Å². The number of nitrogens with zero attached hydrogens (tertiary/aromatic N) is 1. The molecule has 5 heteroatoms. The van der Waals surface area contributed by atoms with Gasteiger partial charge in [0.15, 0.2) is 11.5 Å². The van der Waals surface area contributed by atoms with Crippen molar-refractivity contribution in [1.82, 2.24) is 4.90 Å². The van der Waals surface area contributed by atoms with Crippen molar-refractivity contribution in [1.29, 1.82) is 0 Å². The highest BCUT2D eigenvalue weighted by molar-refractivity contribution is 6.30. The summed E-state index contributed by atoms with van der Waals surface area (Å²) in [6.07, 6.45) is 0.736. The highest BCUT2D eigenvalue weighted by atomic mass is 35.5. The van der Waals surface area contributed by atoms with Crippen LogP contribution in [0.5, 0.6) is 0 Å². The van der Waals surface area contributed by atoms with E-state index in [9.17, 15) is 14.7 Å². The van der Waals surface area contributed by atoms with E-state index in [0.29, 0.717) is 11.6 Å². The maximum Gasteiger partial charge on any atom is 0.290 e. The monoisotopic (exact) mass is 335 g/mol. The molecule has 0 aliphatic carbocycles. The van der Waals surface area contributed by atoms with Crippen LogP contribution in [0.2, 0.25) is 5.02 Å². The third-order valence-corrected chi connectivity index (χ3v) is 4.13. The number of aliphatic hydroxyl groups is 1. The van der Waals surface area contributed by atoms with E-state index in [2.05, 4.69) is 0 Å². The molecule has 0 fully saturated rings. The van der Waals surface area contributed by atoms with Crippen molar-refractivity contribution in [3.05, 3.63) is 46.2 Å². The molecule has 1 unspecified atom stereocenters. The molecule has 1 heterocycles. The first-order valence-electron chi connectivity index (χ1n) is 7.72. The standard InChI is InChI=1S/C18H22ClNO3/c1-5-10-20-14(11-6-8-12(19)9-7-11)13(15(21)17(20)23)16(22)18(2,3)4/h6-9,14,21H,5,10H2,1-4H3. The fourth-order valence-corrected chi connectivity index (χ4v) is 2.88. The number of aliphatic hydroxyl groups excluding tert-OH is 1. The van der Waals surface area contributed by atoms with Crippen LogP contribution in [-0.2, 0) is 9.59 Å². The topological polar surface area (TPSA) is 57.6 Å². The Balaban J connectivity index is 2.57. The quantitative estimate of drug-likeness (QED) is 0.902. The Morgan fingerprint density at radius 3 is 2.30 bits per heavy atom. The van der Waals surface area contributed by atoms with Crippen molar-refractivity contribution in [2.45, 2.75) is 40.2 Å². The molecule has 2 rings (SSSR count). The molecule has 1 aromatic carbocycles. The Kier molecular flexibility index (Phi) is 4.85. The molecule has 4 nitrogen and oxygen atoms in total. The van der Waals surface area contributed by atoms with Crippen molar-refractivity contribution in [2.24, 2.45) is 5.41 Å².